The largest absolute Gasteiger partial charge is 0.416 e. The van der Waals surface area contributed by atoms with Crippen LogP contribution in [0.15, 0.2) is 65.9 Å². The summed E-state index contributed by atoms with van der Waals surface area (Å²) in [5.74, 6) is 0.299. The lowest BCUT2D eigenvalue weighted by Gasteiger charge is -2.16. The third-order valence-corrected chi connectivity index (χ3v) is 4.69. The Morgan fingerprint density at radius 1 is 1.09 bits per heavy atom. The number of aliphatic imine (C=N–C) groups is 1. The highest BCUT2D eigenvalue weighted by atomic mass is 127. The van der Waals surface area contributed by atoms with E-state index in [-0.39, 0.29) is 36.1 Å². The molecule has 0 aliphatic heterocycles. The van der Waals surface area contributed by atoms with Gasteiger partial charge in [-0.25, -0.2) is 9.37 Å². The molecule has 5 nitrogen and oxygen atoms in total. The van der Waals surface area contributed by atoms with Crippen molar-refractivity contribution in [2.75, 3.05) is 13.6 Å². The van der Waals surface area contributed by atoms with Crippen molar-refractivity contribution in [2.45, 2.75) is 25.7 Å². The molecule has 0 saturated heterocycles. The Morgan fingerprint density at radius 2 is 1.84 bits per heavy atom. The maximum absolute atomic E-state index is 13.2. The van der Waals surface area contributed by atoms with Crippen molar-refractivity contribution >= 4 is 29.9 Å². The first-order valence-corrected chi connectivity index (χ1v) is 9.71. The van der Waals surface area contributed by atoms with Gasteiger partial charge >= 0.3 is 6.18 Å². The minimum atomic E-state index is -4.63. The molecule has 32 heavy (non-hydrogen) atoms. The molecule has 0 atom stereocenters. The number of imidazole rings is 1. The van der Waals surface area contributed by atoms with Crippen LogP contribution in [0.2, 0.25) is 0 Å². The quantitative estimate of drug-likeness (QED) is 0.192. The predicted molar refractivity (Wildman–Crippen MR) is 126 cm³/mol. The number of rotatable bonds is 7. The maximum atomic E-state index is 13.2. The Balaban J connectivity index is 0.00000363. The third kappa shape index (κ3) is 7.21. The molecule has 3 aromatic rings. The van der Waals surface area contributed by atoms with E-state index >= 15 is 0 Å². The summed E-state index contributed by atoms with van der Waals surface area (Å²) in [5.41, 5.74) is 0.0978. The van der Waals surface area contributed by atoms with E-state index in [0.717, 1.165) is 23.5 Å². The molecule has 1 aromatic heterocycles. The topological polar surface area (TPSA) is 54.2 Å². The molecule has 1 heterocycles. The summed E-state index contributed by atoms with van der Waals surface area (Å²) in [6.07, 6.45) is -0.391. The first-order valence-electron chi connectivity index (χ1n) is 9.71. The van der Waals surface area contributed by atoms with Gasteiger partial charge in [-0.15, -0.1) is 24.0 Å². The van der Waals surface area contributed by atoms with Crippen molar-refractivity contribution in [1.82, 2.24) is 20.2 Å². The Bertz CT molecular complexity index is 1020. The fourth-order valence-electron chi connectivity index (χ4n) is 3.15. The number of nitrogens with zero attached hydrogens (tertiary/aromatic N) is 3. The number of halogens is 5. The molecule has 2 aromatic carbocycles. The molecule has 0 unspecified atom stereocenters. The molecule has 10 heteroatoms. The second-order valence-electron chi connectivity index (χ2n) is 6.86. The third-order valence-electron chi connectivity index (χ3n) is 4.69. The number of nitrogens with one attached hydrogen (secondary N) is 2. The summed E-state index contributed by atoms with van der Waals surface area (Å²) in [5, 5.41) is 5.91. The highest BCUT2D eigenvalue weighted by Gasteiger charge is 2.33. The molecule has 2 N–H and O–H groups in total. The van der Waals surface area contributed by atoms with Crippen LogP contribution in [-0.2, 0) is 25.7 Å². The van der Waals surface area contributed by atoms with Gasteiger partial charge in [0, 0.05) is 45.5 Å². The van der Waals surface area contributed by atoms with E-state index in [0.29, 0.717) is 31.5 Å². The maximum Gasteiger partial charge on any atom is 0.416 e. The van der Waals surface area contributed by atoms with Crippen LogP contribution in [0.1, 0.15) is 22.5 Å². The zero-order valence-electron chi connectivity index (χ0n) is 17.4. The molecule has 0 aliphatic carbocycles. The Kier molecular flexibility index (Phi) is 9.48. The summed E-state index contributed by atoms with van der Waals surface area (Å²) >= 11 is 0. The van der Waals surface area contributed by atoms with Crippen LogP contribution in [0, 0.1) is 5.82 Å². The average molecular weight is 561 g/mol. The molecular weight excluding hydrogens is 537 g/mol. The van der Waals surface area contributed by atoms with E-state index in [9.17, 15) is 17.6 Å². The minimum Gasteiger partial charge on any atom is -0.356 e. The van der Waals surface area contributed by atoms with Crippen molar-refractivity contribution in [3.05, 3.63) is 89.3 Å². The summed E-state index contributed by atoms with van der Waals surface area (Å²) < 4.78 is 54.7. The number of alkyl halides is 3. The predicted octanol–water partition coefficient (Wildman–Crippen LogP) is 4.62. The van der Waals surface area contributed by atoms with Crippen LogP contribution >= 0.6 is 24.0 Å². The van der Waals surface area contributed by atoms with E-state index in [4.69, 9.17) is 0 Å². The lowest BCUT2D eigenvalue weighted by Crippen LogP contribution is -2.38. The fourth-order valence-corrected chi connectivity index (χ4v) is 3.15. The zero-order chi connectivity index (χ0) is 22.3. The molecule has 3 rings (SSSR count). The highest BCUT2D eigenvalue weighted by molar-refractivity contribution is 14.0. The lowest BCUT2D eigenvalue weighted by molar-refractivity contribution is -0.138. The molecule has 0 aliphatic rings. The van der Waals surface area contributed by atoms with Crippen LogP contribution in [0.5, 0.6) is 0 Å². The summed E-state index contributed by atoms with van der Waals surface area (Å²) in [6.45, 7) is 1.05. The standard InChI is InChI=1S/C22H23F4N5.HI/c1-27-21(30-14-17-7-8-18(23)13-19(17)22(24,25)26)29-10-9-20-28-11-12-31(20)15-16-5-3-2-4-6-16;/h2-8,11-13H,9-10,14-15H2,1H3,(H2,27,29,30);1H. The molecule has 0 radical (unpaired) electrons. The Hall–Kier alpha value is -2.63. The normalized spacial score (nSPS) is 11.7. The lowest BCUT2D eigenvalue weighted by atomic mass is 10.1. The second-order valence-corrected chi connectivity index (χ2v) is 6.86. The van der Waals surface area contributed by atoms with Gasteiger partial charge in [0.05, 0.1) is 5.56 Å². The fraction of sp³-hybridized carbons (Fsp3) is 0.273. The SMILES string of the molecule is CN=C(NCCc1nccn1Cc1ccccc1)NCc1ccc(F)cc1C(F)(F)F.I. The van der Waals surface area contributed by atoms with Crippen molar-refractivity contribution in [1.29, 1.82) is 0 Å². The number of hydrogen-bond acceptors (Lipinski definition) is 2. The zero-order valence-corrected chi connectivity index (χ0v) is 19.7. The minimum absolute atomic E-state index is 0. The first kappa shape index (κ1) is 25.6. The second kappa shape index (κ2) is 11.8. The van der Waals surface area contributed by atoms with Crippen LogP contribution in [0.4, 0.5) is 17.6 Å². The number of hydrogen-bond donors (Lipinski definition) is 2. The number of aromatic nitrogens is 2. The van der Waals surface area contributed by atoms with E-state index in [1.165, 1.54) is 7.05 Å². The van der Waals surface area contributed by atoms with Gasteiger partial charge in [-0.05, 0) is 23.3 Å². The first-order chi connectivity index (χ1) is 14.9. The van der Waals surface area contributed by atoms with Crippen molar-refractivity contribution in [3.8, 4) is 0 Å². The Morgan fingerprint density at radius 3 is 2.53 bits per heavy atom. The summed E-state index contributed by atoms with van der Waals surface area (Å²) in [6, 6.07) is 12.6. The van der Waals surface area contributed by atoms with Gasteiger partial charge < -0.3 is 15.2 Å². The molecule has 0 fully saturated rings. The summed E-state index contributed by atoms with van der Waals surface area (Å²) in [4.78, 5) is 8.41. The van der Waals surface area contributed by atoms with Crippen LogP contribution in [-0.4, -0.2) is 29.1 Å². The molecule has 0 bridgehead atoms. The monoisotopic (exact) mass is 561 g/mol. The molecular formula is C22H24F4IN5. The van der Waals surface area contributed by atoms with Gasteiger partial charge in [0.2, 0.25) is 0 Å². The van der Waals surface area contributed by atoms with E-state index in [1.807, 2.05) is 41.1 Å². The molecule has 0 saturated carbocycles. The number of guanidine groups is 1. The van der Waals surface area contributed by atoms with Crippen LogP contribution < -0.4 is 10.6 Å². The van der Waals surface area contributed by atoms with E-state index in [1.54, 1.807) is 6.20 Å². The van der Waals surface area contributed by atoms with Crippen LogP contribution in [0.25, 0.3) is 0 Å². The molecule has 0 spiro atoms. The Labute approximate surface area is 201 Å². The van der Waals surface area contributed by atoms with Crippen molar-refractivity contribution in [2.24, 2.45) is 4.99 Å². The van der Waals surface area contributed by atoms with Crippen molar-refractivity contribution < 1.29 is 17.6 Å². The molecule has 172 valence electrons. The van der Waals surface area contributed by atoms with Crippen LogP contribution in [0.3, 0.4) is 0 Å². The van der Waals surface area contributed by atoms with E-state index < -0.39 is 17.6 Å². The molecule has 0 amide bonds. The number of benzene rings is 2. The van der Waals surface area contributed by atoms with Gasteiger partial charge in [-0.3, -0.25) is 4.99 Å². The van der Waals surface area contributed by atoms with Gasteiger partial charge in [-0.1, -0.05) is 36.4 Å². The van der Waals surface area contributed by atoms with E-state index in [2.05, 4.69) is 20.6 Å². The van der Waals surface area contributed by atoms with Gasteiger partial charge in [-0.2, -0.15) is 13.2 Å². The van der Waals surface area contributed by atoms with Gasteiger partial charge in [0.1, 0.15) is 11.6 Å². The van der Waals surface area contributed by atoms with Gasteiger partial charge in [0.25, 0.3) is 0 Å². The summed E-state index contributed by atoms with van der Waals surface area (Å²) in [7, 11) is 1.53. The van der Waals surface area contributed by atoms with Gasteiger partial charge in [0.15, 0.2) is 5.96 Å². The highest BCUT2D eigenvalue weighted by Crippen LogP contribution is 2.32. The van der Waals surface area contributed by atoms with Crippen molar-refractivity contribution in [3.63, 3.8) is 0 Å². The average Bonchev–Trinajstić information content (AvgIpc) is 3.18. The smallest absolute Gasteiger partial charge is 0.356 e.